The number of aliphatic hydroxyl groups excluding tert-OH is 1. The first-order valence-corrected chi connectivity index (χ1v) is 6.20. The zero-order valence-corrected chi connectivity index (χ0v) is 10.2. The molecule has 1 N–H and O–H groups in total. The second-order valence-electron chi connectivity index (χ2n) is 4.75. The lowest BCUT2D eigenvalue weighted by molar-refractivity contribution is 0.0753. The van der Waals surface area contributed by atoms with Gasteiger partial charge in [-0.15, -0.1) is 0 Å². The molecule has 1 aliphatic carbocycles. The molecule has 1 aromatic carbocycles. The van der Waals surface area contributed by atoms with Crippen LogP contribution in [0.5, 0.6) is 0 Å². The number of aliphatic hydroxyl groups is 1. The van der Waals surface area contributed by atoms with Gasteiger partial charge < -0.3 is 10.0 Å². The lowest BCUT2D eigenvalue weighted by Gasteiger charge is -2.27. The van der Waals surface area contributed by atoms with E-state index in [1.807, 2.05) is 12.1 Å². The Hall–Kier alpha value is -0.860. The molecule has 0 saturated heterocycles. The molecule has 0 bridgehead atoms. The Balaban J connectivity index is 2.06. The summed E-state index contributed by atoms with van der Waals surface area (Å²) in [4.78, 5) is 2.30. The molecule has 0 fully saturated rings. The molecule has 2 heteroatoms. The minimum atomic E-state index is -0.307. The minimum absolute atomic E-state index is 0.268. The van der Waals surface area contributed by atoms with Crippen molar-refractivity contribution in [2.45, 2.75) is 38.3 Å². The second-order valence-corrected chi connectivity index (χ2v) is 4.75. The molecule has 2 rings (SSSR count). The maximum Gasteiger partial charge on any atom is 0.0950 e. The van der Waals surface area contributed by atoms with Crippen LogP contribution in [0.2, 0.25) is 0 Å². The molecule has 0 aromatic heterocycles. The van der Waals surface area contributed by atoms with E-state index in [1.165, 1.54) is 18.4 Å². The zero-order chi connectivity index (χ0) is 11.5. The Labute approximate surface area is 97.9 Å². The van der Waals surface area contributed by atoms with Crippen LogP contribution in [0.4, 0.5) is 0 Å². The maximum absolute atomic E-state index is 10.3. The van der Waals surface area contributed by atoms with E-state index in [0.29, 0.717) is 0 Å². The Morgan fingerprint density at radius 2 is 2.12 bits per heavy atom. The van der Waals surface area contributed by atoms with E-state index in [0.717, 1.165) is 18.5 Å². The van der Waals surface area contributed by atoms with Crippen molar-refractivity contribution in [3.8, 4) is 0 Å². The molecule has 0 spiro atoms. The van der Waals surface area contributed by atoms with Crippen molar-refractivity contribution in [3.05, 3.63) is 35.4 Å². The van der Waals surface area contributed by atoms with Crippen molar-refractivity contribution in [2.75, 3.05) is 13.6 Å². The quantitative estimate of drug-likeness (QED) is 0.840. The molecule has 0 radical (unpaired) electrons. The van der Waals surface area contributed by atoms with Gasteiger partial charge in [0.15, 0.2) is 0 Å². The summed E-state index contributed by atoms with van der Waals surface area (Å²) in [5.41, 5.74) is 2.43. The van der Waals surface area contributed by atoms with E-state index in [-0.39, 0.29) is 12.1 Å². The predicted molar refractivity (Wildman–Crippen MR) is 66.4 cm³/mol. The summed E-state index contributed by atoms with van der Waals surface area (Å²) in [5.74, 6) is 0. The summed E-state index contributed by atoms with van der Waals surface area (Å²) in [5, 5.41) is 10.3. The molecule has 2 unspecified atom stereocenters. The predicted octanol–water partition coefficient (Wildman–Crippen LogP) is 2.38. The fourth-order valence-electron chi connectivity index (χ4n) is 2.52. The van der Waals surface area contributed by atoms with E-state index in [1.54, 1.807) is 0 Å². The zero-order valence-electron chi connectivity index (χ0n) is 10.2. The number of nitrogens with zero attached hydrogens (tertiary/aromatic N) is 1. The van der Waals surface area contributed by atoms with Gasteiger partial charge in [-0.1, -0.05) is 37.6 Å². The molecular formula is C14H21NO. The number of fused-ring (bicyclic) bond motifs is 1. The Morgan fingerprint density at radius 1 is 1.38 bits per heavy atom. The molecule has 0 saturated carbocycles. The van der Waals surface area contributed by atoms with E-state index in [4.69, 9.17) is 0 Å². The van der Waals surface area contributed by atoms with Gasteiger partial charge in [-0.2, -0.15) is 0 Å². The van der Waals surface area contributed by atoms with Gasteiger partial charge in [0, 0.05) is 6.04 Å². The normalized spacial score (nSPS) is 23.8. The number of likely N-dealkylation sites (N-methyl/N-ethyl adjacent to an activating group) is 1. The average molecular weight is 219 g/mol. The van der Waals surface area contributed by atoms with E-state index in [2.05, 4.69) is 31.0 Å². The van der Waals surface area contributed by atoms with Gasteiger partial charge in [0.25, 0.3) is 0 Å². The van der Waals surface area contributed by atoms with Crippen LogP contribution >= 0.6 is 0 Å². The van der Waals surface area contributed by atoms with Crippen molar-refractivity contribution >= 4 is 0 Å². The first-order valence-electron chi connectivity index (χ1n) is 6.20. The van der Waals surface area contributed by atoms with Gasteiger partial charge in [-0.05, 0) is 37.6 Å². The highest BCUT2D eigenvalue weighted by Gasteiger charge is 2.32. The lowest BCUT2D eigenvalue weighted by atomic mass is 10.1. The fraction of sp³-hybridized carbons (Fsp3) is 0.571. The highest BCUT2D eigenvalue weighted by Crippen LogP contribution is 2.33. The molecule has 16 heavy (non-hydrogen) atoms. The van der Waals surface area contributed by atoms with Gasteiger partial charge in [-0.25, -0.2) is 0 Å². The largest absolute Gasteiger partial charge is 0.387 e. The van der Waals surface area contributed by atoms with Crippen LogP contribution in [-0.2, 0) is 6.42 Å². The van der Waals surface area contributed by atoms with Crippen molar-refractivity contribution in [3.63, 3.8) is 0 Å². The maximum atomic E-state index is 10.3. The van der Waals surface area contributed by atoms with Gasteiger partial charge >= 0.3 is 0 Å². The smallest absolute Gasteiger partial charge is 0.0950 e. The molecule has 1 aromatic rings. The molecule has 0 aliphatic heterocycles. The van der Waals surface area contributed by atoms with E-state index in [9.17, 15) is 5.11 Å². The number of unbranched alkanes of at least 4 members (excludes halogenated alkanes) is 1. The fourth-order valence-corrected chi connectivity index (χ4v) is 2.52. The Bertz CT molecular complexity index is 350. The third-order valence-electron chi connectivity index (χ3n) is 3.60. The molecule has 0 amide bonds. The standard InChI is InChI=1S/C14H21NO/c1-3-4-9-15(2)13-10-11-7-5-6-8-12(11)14(13)16/h5-8,13-14,16H,3-4,9-10H2,1-2H3. The summed E-state index contributed by atoms with van der Waals surface area (Å²) >= 11 is 0. The molecule has 0 heterocycles. The van der Waals surface area contributed by atoms with Crippen molar-refractivity contribution in [2.24, 2.45) is 0 Å². The van der Waals surface area contributed by atoms with Gasteiger partial charge in [0.2, 0.25) is 0 Å². The Kier molecular flexibility index (Phi) is 3.62. The average Bonchev–Trinajstić information content (AvgIpc) is 2.64. The third-order valence-corrected chi connectivity index (χ3v) is 3.60. The topological polar surface area (TPSA) is 23.5 Å². The number of hydrogen-bond acceptors (Lipinski definition) is 2. The molecule has 2 nitrogen and oxygen atoms in total. The first kappa shape index (κ1) is 11.6. The van der Waals surface area contributed by atoms with Crippen LogP contribution < -0.4 is 0 Å². The number of hydrogen-bond donors (Lipinski definition) is 1. The van der Waals surface area contributed by atoms with E-state index < -0.39 is 0 Å². The summed E-state index contributed by atoms with van der Waals surface area (Å²) in [6, 6.07) is 8.51. The monoisotopic (exact) mass is 219 g/mol. The first-order chi connectivity index (χ1) is 7.74. The van der Waals surface area contributed by atoms with Crippen molar-refractivity contribution in [1.29, 1.82) is 0 Å². The van der Waals surface area contributed by atoms with Crippen LogP contribution in [0, 0.1) is 0 Å². The number of rotatable bonds is 4. The summed E-state index contributed by atoms with van der Waals surface area (Å²) in [7, 11) is 2.12. The van der Waals surface area contributed by atoms with Crippen LogP contribution in [0.15, 0.2) is 24.3 Å². The van der Waals surface area contributed by atoms with Crippen molar-refractivity contribution in [1.82, 2.24) is 4.90 Å². The van der Waals surface area contributed by atoms with Gasteiger partial charge in [0.05, 0.1) is 6.10 Å². The number of benzene rings is 1. The molecule has 88 valence electrons. The molecular weight excluding hydrogens is 198 g/mol. The summed E-state index contributed by atoms with van der Waals surface area (Å²) in [6.45, 7) is 3.28. The van der Waals surface area contributed by atoms with Gasteiger partial charge in [-0.3, -0.25) is 0 Å². The third kappa shape index (κ3) is 2.13. The van der Waals surface area contributed by atoms with Crippen LogP contribution in [0.3, 0.4) is 0 Å². The Morgan fingerprint density at radius 3 is 2.81 bits per heavy atom. The van der Waals surface area contributed by atoms with Gasteiger partial charge in [0.1, 0.15) is 0 Å². The minimum Gasteiger partial charge on any atom is -0.387 e. The molecule has 2 atom stereocenters. The van der Waals surface area contributed by atoms with Crippen LogP contribution in [0.25, 0.3) is 0 Å². The highest BCUT2D eigenvalue weighted by atomic mass is 16.3. The summed E-state index contributed by atoms with van der Waals surface area (Å²) in [6.07, 6.45) is 3.09. The second kappa shape index (κ2) is 4.98. The van der Waals surface area contributed by atoms with Crippen molar-refractivity contribution < 1.29 is 5.11 Å². The van der Waals surface area contributed by atoms with E-state index >= 15 is 0 Å². The highest BCUT2D eigenvalue weighted by molar-refractivity contribution is 5.35. The van der Waals surface area contributed by atoms with Crippen LogP contribution in [-0.4, -0.2) is 29.6 Å². The molecule has 1 aliphatic rings. The summed E-state index contributed by atoms with van der Waals surface area (Å²) < 4.78 is 0. The van der Waals surface area contributed by atoms with Crippen LogP contribution in [0.1, 0.15) is 37.0 Å². The lowest BCUT2D eigenvalue weighted by Crippen LogP contribution is -2.35. The SMILES string of the molecule is CCCCN(C)C1Cc2ccccc2C1O.